The fraction of sp³-hybridized carbons (Fsp3) is 1.00. The van der Waals surface area contributed by atoms with E-state index in [9.17, 15) is 0 Å². The van der Waals surface area contributed by atoms with Crippen LogP contribution >= 0.6 is 0 Å². The molecule has 0 aromatic heterocycles. The molecule has 2 unspecified atom stereocenters. The molecule has 1 rings (SSSR count). The highest BCUT2D eigenvalue weighted by Crippen LogP contribution is 2.29. The summed E-state index contributed by atoms with van der Waals surface area (Å²) in [7, 11) is 2.26. The lowest BCUT2D eigenvalue weighted by Gasteiger charge is -2.33. The van der Waals surface area contributed by atoms with Crippen LogP contribution in [0.2, 0.25) is 0 Å². The Kier molecular flexibility index (Phi) is 3.59. The van der Waals surface area contributed by atoms with Gasteiger partial charge in [-0.3, -0.25) is 9.80 Å². The van der Waals surface area contributed by atoms with Gasteiger partial charge in [-0.1, -0.05) is 27.7 Å². The summed E-state index contributed by atoms with van der Waals surface area (Å²) in [5.74, 6) is 0. The highest BCUT2D eigenvalue weighted by Gasteiger charge is 2.35. The minimum Gasteiger partial charge on any atom is -0.287 e. The molecule has 0 saturated carbocycles. The zero-order chi connectivity index (χ0) is 10.9. The molecule has 0 radical (unpaired) electrons. The van der Waals surface area contributed by atoms with Gasteiger partial charge in [0.1, 0.15) is 0 Å². The highest BCUT2D eigenvalue weighted by molar-refractivity contribution is 4.87. The van der Waals surface area contributed by atoms with Crippen LogP contribution in [0.1, 0.15) is 41.0 Å². The Morgan fingerprint density at radius 2 is 1.86 bits per heavy atom. The van der Waals surface area contributed by atoms with E-state index in [4.69, 9.17) is 0 Å². The first-order valence-electron chi connectivity index (χ1n) is 5.81. The number of hydrogen-bond donors (Lipinski definition) is 0. The van der Waals surface area contributed by atoms with Crippen LogP contribution in [0.25, 0.3) is 0 Å². The molecule has 0 aromatic carbocycles. The van der Waals surface area contributed by atoms with Crippen LogP contribution in [0, 0.1) is 5.41 Å². The molecule has 1 fully saturated rings. The third-order valence-corrected chi connectivity index (χ3v) is 3.29. The maximum atomic E-state index is 2.59. The normalized spacial score (nSPS) is 31.3. The van der Waals surface area contributed by atoms with Crippen LogP contribution in [0.4, 0.5) is 0 Å². The van der Waals surface area contributed by atoms with Gasteiger partial charge in [-0.25, -0.2) is 0 Å². The molecule has 1 saturated heterocycles. The van der Waals surface area contributed by atoms with E-state index in [2.05, 4.69) is 51.5 Å². The Hall–Kier alpha value is -0.0800. The van der Waals surface area contributed by atoms with E-state index in [1.165, 1.54) is 19.5 Å². The molecule has 0 amide bonds. The first kappa shape index (κ1) is 12.0. The van der Waals surface area contributed by atoms with E-state index >= 15 is 0 Å². The van der Waals surface area contributed by atoms with Crippen LogP contribution < -0.4 is 0 Å². The molecule has 14 heavy (non-hydrogen) atoms. The molecule has 84 valence electrons. The fourth-order valence-electron chi connectivity index (χ4n) is 2.30. The summed E-state index contributed by atoms with van der Waals surface area (Å²) in [5, 5.41) is 0. The Balaban J connectivity index is 2.64. The number of hydrogen-bond acceptors (Lipinski definition) is 2. The van der Waals surface area contributed by atoms with Gasteiger partial charge in [0.15, 0.2) is 0 Å². The van der Waals surface area contributed by atoms with Crippen molar-refractivity contribution in [1.29, 1.82) is 0 Å². The Morgan fingerprint density at radius 1 is 1.29 bits per heavy atom. The number of nitrogens with zero attached hydrogens (tertiary/aromatic N) is 2. The van der Waals surface area contributed by atoms with Gasteiger partial charge in [-0.05, 0) is 32.4 Å². The van der Waals surface area contributed by atoms with E-state index in [1.807, 2.05) is 0 Å². The zero-order valence-corrected chi connectivity index (χ0v) is 10.7. The zero-order valence-electron chi connectivity index (χ0n) is 10.7. The van der Waals surface area contributed by atoms with Crippen molar-refractivity contribution >= 4 is 0 Å². The first-order chi connectivity index (χ1) is 6.35. The van der Waals surface area contributed by atoms with Gasteiger partial charge in [-0.2, -0.15) is 0 Å². The lowest BCUT2D eigenvalue weighted by Crippen LogP contribution is -2.40. The second-order valence-electron chi connectivity index (χ2n) is 5.85. The predicted octanol–water partition coefficient (Wildman–Crippen LogP) is 2.40. The molecule has 2 atom stereocenters. The third-order valence-electron chi connectivity index (χ3n) is 3.29. The smallest absolute Gasteiger partial charge is 0.0628 e. The fourth-order valence-corrected chi connectivity index (χ4v) is 2.30. The maximum absolute atomic E-state index is 2.59. The Bertz CT molecular complexity index is 183. The summed E-state index contributed by atoms with van der Waals surface area (Å²) in [5.41, 5.74) is 0.427. The lowest BCUT2D eigenvalue weighted by molar-refractivity contribution is 0.106. The lowest BCUT2D eigenvalue weighted by atomic mass is 9.90. The maximum Gasteiger partial charge on any atom is 0.0628 e. The summed E-state index contributed by atoms with van der Waals surface area (Å²) in [6, 6.07) is 0.710. The van der Waals surface area contributed by atoms with Crippen LogP contribution in [-0.2, 0) is 0 Å². The number of likely N-dealkylation sites (N-methyl/N-ethyl adjacent to an activating group) is 2. The second kappa shape index (κ2) is 4.19. The molecule has 0 N–H and O–H groups in total. The number of rotatable bonds is 2. The topological polar surface area (TPSA) is 6.48 Å². The van der Waals surface area contributed by atoms with Gasteiger partial charge in [0.05, 0.1) is 6.17 Å². The summed E-state index contributed by atoms with van der Waals surface area (Å²) >= 11 is 0. The van der Waals surface area contributed by atoms with E-state index < -0.39 is 0 Å². The second-order valence-corrected chi connectivity index (χ2v) is 5.85. The van der Waals surface area contributed by atoms with Crippen molar-refractivity contribution in [3.05, 3.63) is 0 Å². The highest BCUT2D eigenvalue weighted by atomic mass is 15.4. The average Bonchev–Trinajstić information content (AvgIpc) is 2.30. The molecular formula is C12H26N2. The molecular weight excluding hydrogens is 172 g/mol. The van der Waals surface area contributed by atoms with Crippen molar-refractivity contribution in [3.63, 3.8) is 0 Å². The molecule has 1 aliphatic heterocycles. The van der Waals surface area contributed by atoms with Crippen molar-refractivity contribution in [2.24, 2.45) is 5.41 Å². The van der Waals surface area contributed by atoms with Crippen LogP contribution in [-0.4, -0.2) is 42.1 Å². The predicted molar refractivity (Wildman–Crippen MR) is 62.3 cm³/mol. The van der Waals surface area contributed by atoms with E-state index in [0.29, 0.717) is 17.6 Å². The molecule has 0 aliphatic carbocycles. The average molecular weight is 198 g/mol. The summed E-state index contributed by atoms with van der Waals surface area (Å²) in [6.45, 7) is 14.0. The van der Waals surface area contributed by atoms with Crippen molar-refractivity contribution in [1.82, 2.24) is 9.80 Å². The summed E-state index contributed by atoms with van der Waals surface area (Å²) in [6.07, 6.45) is 1.91. The van der Waals surface area contributed by atoms with Crippen LogP contribution in [0.3, 0.4) is 0 Å². The molecule has 0 spiro atoms. The Labute approximate surface area is 89.3 Å². The molecule has 1 heterocycles. The molecule has 2 heteroatoms. The Morgan fingerprint density at radius 3 is 2.29 bits per heavy atom. The van der Waals surface area contributed by atoms with Crippen molar-refractivity contribution in [3.8, 4) is 0 Å². The largest absolute Gasteiger partial charge is 0.287 e. The molecule has 0 bridgehead atoms. The van der Waals surface area contributed by atoms with Gasteiger partial charge < -0.3 is 0 Å². The van der Waals surface area contributed by atoms with Crippen LogP contribution in [0.15, 0.2) is 0 Å². The van der Waals surface area contributed by atoms with E-state index in [-0.39, 0.29) is 0 Å². The minimum absolute atomic E-state index is 0.427. The SMILES string of the molecule is CCN1CC(C)N(C)C1CC(C)(C)C. The minimum atomic E-state index is 0.427. The van der Waals surface area contributed by atoms with E-state index in [1.54, 1.807) is 0 Å². The van der Waals surface area contributed by atoms with Gasteiger partial charge in [0.25, 0.3) is 0 Å². The quantitative estimate of drug-likeness (QED) is 0.672. The molecule has 1 aliphatic rings. The first-order valence-corrected chi connectivity index (χ1v) is 5.81. The molecule has 0 aromatic rings. The van der Waals surface area contributed by atoms with Crippen molar-refractivity contribution in [2.75, 3.05) is 20.1 Å². The third kappa shape index (κ3) is 2.71. The van der Waals surface area contributed by atoms with Crippen LogP contribution in [0.5, 0.6) is 0 Å². The van der Waals surface area contributed by atoms with Gasteiger partial charge in [0.2, 0.25) is 0 Å². The summed E-state index contributed by atoms with van der Waals surface area (Å²) < 4.78 is 0. The van der Waals surface area contributed by atoms with Gasteiger partial charge in [-0.15, -0.1) is 0 Å². The molecule has 2 nitrogen and oxygen atoms in total. The van der Waals surface area contributed by atoms with E-state index in [0.717, 1.165) is 0 Å². The monoisotopic (exact) mass is 198 g/mol. The van der Waals surface area contributed by atoms with Crippen molar-refractivity contribution in [2.45, 2.75) is 53.2 Å². The summed E-state index contributed by atoms with van der Waals surface area (Å²) in [4.78, 5) is 5.12. The van der Waals surface area contributed by atoms with Gasteiger partial charge >= 0.3 is 0 Å². The van der Waals surface area contributed by atoms with Gasteiger partial charge in [0, 0.05) is 12.6 Å². The standard InChI is InChI=1S/C12H26N2/c1-7-14-9-10(2)13(6)11(14)8-12(3,4)5/h10-11H,7-9H2,1-6H3. The van der Waals surface area contributed by atoms with Crippen molar-refractivity contribution < 1.29 is 0 Å².